The van der Waals surface area contributed by atoms with Gasteiger partial charge in [0.2, 0.25) is 10.0 Å². The first-order valence-electron chi connectivity index (χ1n) is 8.78. The molecule has 1 saturated heterocycles. The number of rotatable bonds is 6. The molecule has 9 heteroatoms. The number of ether oxygens (including phenoxy) is 2. The average Bonchev–Trinajstić information content (AvgIpc) is 3.18. The van der Waals surface area contributed by atoms with E-state index in [9.17, 15) is 18.5 Å². The van der Waals surface area contributed by atoms with Crippen LogP contribution in [-0.2, 0) is 10.0 Å². The summed E-state index contributed by atoms with van der Waals surface area (Å²) in [4.78, 5) is 10.6. The van der Waals surface area contributed by atoms with Gasteiger partial charge in [-0.05, 0) is 44.0 Å². The molecule has 1 aliphatic rings. The lowest BCUT2D eigenvalue weighted by Gasteiger charge is -2.26. The second kappa shape index (κ2) is 7.76. The molecule has 1 atom stereocenters. The monoisotopic (exact) mass is 406 g/mol. The summed E-state index contributed by atoms with van der Waals surface area (Å²) in [6.07, 6.45) is 1.30. The highest BCUT2D eigenvalue weighted by Crippen LogP contribution is 2.42. The summed E-state index contributed by atoms with van der Waals surface area (Å²) < 4.78 is 38.7. The predicted octanol–water partition coefficient (Wildman–Crippen LogP) is 3.45. The van der Waals surface area contributed by atoms with Crippen LogP contribution in [0.25, 0.3) is 0 Å². The van der Waals surface area contributed by atoms with Crippen LogP contribution < -0.4 is 9.47 Å². The molecule has 3 rings (SSSR count). The summed E-state index contributed by atoms with van der Waals surface area (Å²) in [5.74, 6) is 1.17. The lowest BCUT2D eigenvalue weighted by atomic mass is 10.0. The zero-order valence-corrected chi connectivity index (χ0v) is 16.7. The van der Waals surface area contributed by atoms with E-state index in [1.165, 1.54) is 23.5 Å². The van der Waals surface area contributed by atoms with E-state index in [1.54, 1.807) is 32.2 Å². The Balaban J connectivity index is 2.06. The van der Waals surface area contributed by atoms with E-state index >= 15 is 0 Å². The highest BCUT2D eigenvalue weighted by molar-refractivity contribution is 7.89. The van der Waals surface area contributed by atoms with Crippen LogP contribution >= 0.6 is 0 Å². The predicted molar refractivity (Wildman–Crippen MR) is 103 cm³/mol. The first kappa shape index (κ1) is 20.1. The summed E-state index contributed by atoms with van der Waals surface area (Å²) >= 11 is 0. The maximum atomic E-state index is 13.3. The molecule has 0 saturated carbocycles. The van der Waals surface area contributed by atoms with Gasteiger partial charge in [0.15, 0.2) is 0 Å². The van der Waals surface area contributed by atoms with Crippen LogP contribution in [0.4, 0.5) is 5.69 Å². The van der Waals surface area contributed by atoms with Gasteiger partial charge in [-0.1, -0.05) is 6.07 Å². The Morgan fingerprint density at radius 3 is 2.54 bits per heavy atom. The van der Waals surface area contributed by atoms with Crippen LogP contribution in [0.2, 0.25) is 0 Å². The van der Waals surface area contributed by atoms with Gasteiger partial charge in [0.1, 0.15) is 11.5 Å². The van der Waals surface area contributed by atoms with Gasteiger partial charge >= 0.3 is 0 Å². The molecular weight excluding hydrogens is 384 g/mol. The van der Waals surface area contributed by atoms with Crippen molar-refractivity contribution in [2.75, 3.05) is 20.8 Å². The minimum atomic E-state index is -3.92. The summed E-state index contributed by atoms with van der Waals surface area (Å²) in [7, 11) is -0.849. The van der Waals surface area contributed by atoms with E-state index < -0.39 is 21.0 Å². The van der Waals surface area contributed by atoms with Crippen molar-refractivity contribution in [3.8, 4) is 11.5 Å². The molecule has 28 heavy (non-hydrogen) atoms. The lowest BCUT2D eigenvalue weighted by molar-refractivity contribution is -0.385. The van der Waals surface area contributed by atoms with Gasteiger partial charge in [0, 0.05) is 23.7 Å². The van der Waals surface area contributed by atoms with Crippen molar-refractivity contribution >= 4 is 15.7 Å². The largest absolute Gasteiger partial charge is 0.497 e. The summed E-state index contributed by atoms with van der Waals surface area (Å²) in [5, 5.41) is 11.2. The number of hydrogen-bond acceptors (Lipinski definition) is 6. The van der Waals surface area contributed by atoms with Crippen LogP contribution in [0, 0.1) is 17.0 Å². The maximum absolute atomic E-state index is 13.3. The van der Waals surface area contributed by atoms with Gasteiger partial charge in [0.05, 0.1) is 30.1 Å². The maximum Gasteiger partial charge on any atom is 0.273 e. The highest BCUT2D eigenvalue weighted by Gasteiger charge is 2.38. The number of nitrogens with zero attached hydrogens (tertiary/aromatic N) is 2. The molecule has 0 aromatic heterocycles. The zero-order chi connectivity index (χ0) is 20.5. The van der Waals surface area contributed by atoms with Crippen molar-refractivity contribution in [3.63, 3.8) is 0 Å². The van der Waals surface area contributed by atoms with Gasteiger partial charge in [-0.15, -0.1) is 0 Å². The molecule has 0 unspecified atom stereocenters. The first-order valence-corrected chi connectivity index (χ1v) is 10.2. The number of nitro groups is 1. The molecule has 150 valence electrons. The second-order valence-corrected chi connectivity index (χ2v) is 8.48. The number of aryl methyl sites for hydroxylation is 1. The third-order valence-corrected chi connectivity index (χ3v) is 6.89. The number of benzene rings is 2. The fraction of sp³-hybridized carbons (Fsp3) is 0.368. The fourth-order valence-corrected chi connectivity index (χ4v) is 5.21. The van der Waals surface area contributed by atoms with Crippen molar-refractivity contribution in [1.82, 2.24) is 4.31 Å². The molecule has 0 bridgehead atoms. The number of nitro benzene ring substituents is 1. The standard InChI is InChI=1S/C19H22N2O6S/c1-13-6-8-15(12-18(13)21(22)23)28(24,25)20-10-4-5-17(20)16-11-14(26-2)7-9-19(16)27-3/h6-9,11-12,17H,4-5,10H2,1-3H3/t17-/m0/s1. The molecule has 0 N–H and O–H groups in total. The summed E-state index contributed by atoms with van der Waals surface area (Å²) in [6.45, 7) is 1.91. The van der Waals surface area contributed by atoms with Gasteiger partial charge in [-0.2, -0.15) is 4.31 Å². The normalized spacial score (nSPS) is 17.5. The lowest BCUT2D eigenvalue weighted by Crippen LogP contribution is -2.31. The van der Waals surface area contributed by atoms with Crippen molar-refractivity contribution in [3.05, 3.63) is 57.6 Å². The van der Waals surface area contributed by atoms with Crippen molar-refractivity contribution in [1.29, 1.82) is 0 Å². The Kier molecular flexibility index (Phi) is 5.57. The van der Waals surface area contributed by atoms with Crippen LogP contribution in [-0.4, -0.2) is 38.4 Å². The van der Waals surface area contributed by atoms with E-state index in [-0.39, 0.29) is 10.6 Å². The Morgan fingerprint density at radius 2 is 1.89 bits per heavy atom. The van der Waals surface area contributed by atoms with Crippen LogP contribution in [0.15, 0.2) is 41.3 Å². The molecule has 1 aliphatic heterocycles. The molecule has 8 nitrogen and oxygen atoms in total. The van der Waals surface area contributed by atoms with E-state index in [4.69, 9.17) is 9.47 Å². The van der Waals surface area contributed by atoms with Crippen LogP contribution in [0.3, 0.4) is 0 Å². The molecule has 0 aliphatic carbocycles. The Bertz CT molecular complexity index is 1010. The third kappa shape index (κ3) is 3.55. The Hall–Kier alpha value is -2.65. The minimum absolute atomic E-state index is 0.0847. The van der Waals surface area contributed by atoms with Gasteiger partial charge in [-0.25, -0.2) is 8.42 Å². The number of sulfonamides is 1. The molecule has 0 radical (unpaired) electrons. The van der Waals surface area contributed by atoms with E-state index in [0.29, 0.717) is 42.0 Å². The molecule has 1 fully saturated rings. The fourth-order valence-electron chi connectivity index (χ4n) is 3.52. The van der Waals surface area contributed by atoms with Crippen molar-refractivity contribution < 1.29 is 22.8 Å². The van der Waals surface area contributed by atoms with Crippen LogP contribution in [0.5, 0.6) is 11.5 Å². The number of methoxy groups -OCH3 is 2. The topological polar surface area (TPSA) is 99.0 Å². The van der Waals surface area contributed by atoms with E-state index in [2.05, 4.69) is 0 Å². The molecule has 1 heterocycles. The molecule has 2 aromatic rings. The third-order valence-electron chi connectivity index (χ3n) is 4.98. The average molecular weight is 406 g/mol. The van der Waals surface area contributed by atoms with Gasteiger partial charge in [0.25, 0.3) is 5.69 Å². The quantitative estimate of drug-likeness (QED) is 0.538. The highest BCUT2D eigenvalue weighted by atomic mass is 32.2. The first-order chi connectivity index (χ1) is 13.3. The smallest absolute Gasteiger partial charge is 0.273 e. The molecule has 0 spiro atoms. The molecular formula is C19H22N2O6S. The summed E-state index contributed by atoms with van der Waals surface area (Å²) in [6, 6.07) is 8.83. The summed E-state index contributed by atoms with van der Waals surface area (Å²) in [5.41, 5.74) is 0.914. The Labute approximate surface area is 163 Å². The van der Waals surface area contributed by atoms with Crippen molar-refractivity contribution in [2.24, 2.45) is 0 Å². The van der Waals surface area contributed by atoms with Gasteiger partial charge in [-0.3, -0.25) is 10.1 Å². The number of hydrogen-bond donors (Lipinski definition) is 0. The molecule has 2 aromatic carbocycles. The Morgan fingerprint density at radius 1 is 1.14 bits per heavy atom. The van der Waals surface area contributed by atoms with E-state index in [1.807, 2.05) is 0 Å². The van der Waals surface area contributed by atoms with Gasteiger partial charge < -0.3 is 9.47 Å². The van der Waals surface area contributed by atoms with Crippen molar-refractivity contribution in [2.45, 2.75) is 30.7 Å². The molecule has 0 amide bonds. The second-order valence-electron chi connectivity index (χ2n) is 6.59. The SMILES string of the molecule is COc1ccc(OC)c([C@@H]2CCCN2S(=O)(=O)c2ccc(C)c([N+](=O)[O-])c2)c1. The minimum Gasteiger partial charge on any atom is -0.497 e. The van der Waals surface area contributed by atoms with E-state index in [0.717, 1.165) is 6.07 Å². The zero-order valence-electron chi connectivity index (χ0n) is 15.9. The van der Waals surface area contributed by atoms with Crippen LogP contribution in [0.1, 0.15) is 30.0 Å².